The number of carbonyl (C=O) groups is 1. The molecule has 0 atom stereocenters. The Bertz CT molecular complexity index is 906. The van der Waals surface area contributed by atoms with Gasteiger partial charge in [0, 0.05) is 31.9 Å². The lowest BCUT2D eigenvalue weighted by atomic mass is 10.1. The summed E-state index contributed by atoms with van der Waals surface area (Å²) in [5.41, 5.74) is 1.84. The molecule has 0 bridgehead atoms. The predicted octanol–water partition coefficient (Wildman–Crippen LogP) is 3.01. The van der Waals surface area contributed by atoms with Gasteiger partial charge < -0.3 is 14.9 Å². The van der Waals surface area contributed by atoms with Crippen LogP contribution in [0.25, 0.3) is 0 Å². The quantitative estimate of drug-likeness (QED) is 0.810. The van der Waals surface area contributed by atoms with Crippen molar-refractivity contribution in [3.05, 3.63) is 45.7 Å². The van der Waals surface area contributed by atoms with E-state index < -0.39 is 16.9 Å². The lowest BCUT2D eigenvalue weighted by Crippen LogP contribution is -2.50. The van der Waals surface area contributed by atoms with Crippen molar-refractivity contribution < 1.29 is 23.1 Å². The van der Waals surface area contributed by atoms with E-state index in [4.69, 9.17) is 11.6 Å². The topological polar surface area (TPSA) is 61.6 Å². The molecule has 0 unspecified atom stereocenters. The van der Waals surface area contributed by atoms with Crippen LogP contribution in [0.15, 0.2) is 18.2 Å². The molecule has 2 aromatic rings. The van der Waals surface area contributed by atoms with E-state index in [1.807, 2.05) is 25.1 Å². The first kappa shape index (κ1) is 21.4. The van der Waals surface area contributed by atoms with Crippen molar-refractivity contribution in [3.8, 4) is 0 Å². The Morgan fingerprint density at radius 2 is 1.86 bits per heavy atom. The molecule has 1 aromatic carbocycles. The Labute approximate surface area is 171 Å². The van der Waals surface area contributed by atoms with Crippen molar-refractivity contribution in [1.82, 2.24) is 14.7 Å². The van der Waals surface area contributed by atoms with Crippen LogP contribution in [0.1, 0.15) is 22.5 Å². The summed E-state index contributed by atoms with van der Waals surface area (Å²) >= 11 is 5.74. The van der Waals surface area contributed by atoms with Crippen molar-refractivity contribution in [1.29, 1.82) is 0 Å². The number of nitrogens with zero attached hydrogens (tertiary/aromatic N) is 4. The minimum atomic E-state index is -4.66. The normalized spacial score (nSPS) is 15.1. The van der Waals surface area contributed by atoms with Crippen LogP contribution in [-0.2, 0) is 24.1 Å². The molecule has 158 valence electrons. The van der Waals surface area contributed by atoms with Crippen molar-refractivity contribution in [2.45, 2.75) is 33.2 Å². The largest absolute Gasteiger partial charge is 0.436 e. The number of benzene rings is 1. The number of halogens is 4. The number of anilines is 1. The van der Waals surface area contributed by atoms with E-state index >= 15 is 0 Å². The van der Waals surface area contributed by atoms with Crippen LogP contribution in [0, 0.1) is 13.8 Å². The molecule has 6 nitrogen and oxygen atoms in total. The predicted molar refractivity (Wildman–Crippen MR) is 103 cm³/mol. The van der Waals surface area contributed by atoms with Gasteiger partial charge >= 0.3 is 6.18 Å². The summed E-state index contributed by atoms with van der Waals surface area (Å²) in [6.07, 6.45) is -4.66. The van der Waals surface area contributed by atoms with Crippen LogP contribution < -0.4 is 4.90 Å². The number of alkyl halides is 3. The molecular weight excluding hydrogens is 409 g/mol. The smallest absolute Gasteiger partial charge is 0.392 e. The van der Waals surface area contributed by atoms with Crippen LogP contribution in [0.5, 0.6) is 0 Å². The van der Waals surface area contributed by atoms with Crippen LogP contribution in [-0.4, -0.2) is 51.9 Å². The summed E-state index contributed by atoms with van der Waals surface area (Å²) in [7, 11) is 0. The summed E-state index contributed by atoms with van der Waals surface area (Å²) in [5, 5.41) is 12.4. The maximum absolute atomic E-state index is 12.9. The highest BCUT2D eigenvalue weighted by Crippen LogP contribution is 2.35. The summed E-state index contributed by atoms with van der Waals surface area (Å²) in [5.74, 6) is -0.304. The first-order chi connectivity index (χ1) is 13.6. The lowest BCUT2D eigenvalue weighted by Gasteiger charge is -2.37. The molecule has 0 saturated carbocycles. The zero-order valence-electron chi connectivity index (χ0n) is 16.1. The van der Waals surface area contributed by atoms with Crippen molar-refractivity contribution >= 4 is 23.2 Å². The molecule has 1 amide bonds. The fraction of sp³-hybridized carbons (Fsp3) is 0.474. The third kappa shape index (κ3) is 4.51. The van der Waals surface area contributed by atoms with E-state index in [2.05, 4.69) is 10.00 Å². The molecule has 1 aromatic heterocycles. The van der Waals surface area contributed by atoms with Gasteiger partial charge in [0.2, 0.25) is 5.91 Å². The first-order valence-corrected chi connectivity index (χ1v) is 9.52. The van der Waals surface area contributed by atoms with Gasteiger partial charge in [-0.25, -0.2) is 0 Å². The summed E-state index contributed by atoms with van der Waals surface area (Å²) in [6.45, 7) is 5.13. The number of hydrogen-bond acceptors (Lipinski definition) is 4. The van der Waals surface area contributed by atoms with Gasteiger partial charge in [-0.2, -0.15) is 18.3 Å². The Kier molecular flexibility index (Phi) is 6.09. The Balaban J connectivity index is 1.66. The van der Waals surface area contributed by atoms with Gasteiger partial charge in [-0.3, -0.25) is 9.48 Å². The van der Waals surface area contributed by atoms with E-state index in [1.54, 1.807) is 4.90 Å². The molecule has 1 fully saturated rings. The molecule has 3 rings (SSSR count). The summed E-state index contributed by atoms with van der Waals surface area (Å²) in [6, 6.07) is 5.74. The second kappa shape index (κ2) is 8.23. The van der Waals surface area contributed by atoms with E-state index in [0.29, 0.717) is 26.2 Å². The van der Waals surface area contributed by atoms with Crippen molar-refractivity contribution in [3.63, 3.8) is 0 Å². The Hall–Kier alpha value is -2.26. The molecule has 1 aliphatic rings. The molecule has 1 aliphatic heterocycles. The fourth-order valence-corrected chi connectivity index (χ4v) is 3.62. The summed E-state index contributed by atoms with van der Waals surface area (Å²) < 4.78 is 39.9. The molecule has 1 saturated heterocycles. The first-order valence-electron chi connectivity index (χ1n) is 9.15. The van der Waals surface area contributed by atoms with Crippen molar-refractivity contribution in [2.75, 3.05) is 31.1 Å². The molecule has 0 aliphatic carbocycles. The molecule has 1 N–H and O–H groups in total. The van der Waals surface area contributed by atoms with Gasteiger partial charge in [0.05, 0.1) is 17.3 Å². The average Bonchev–Trinajstić information content (AvgIpc) is 2.97. The maximum atomic E-state index is 12.9. The molecular formula is C19H22ClF3N4O2. The zero-order chi connectivity index (χ0) is 21.3. The van der Waals surface area contributed by atoms with Gasteiger partial charge in [-0.1, -0.05) is 23.7 Å². The van der Waals surface area contributed by atoms with Crippen LogP contribution in [0.2, 0.25) is 5.02 Å². The number of amides is 1. The minimum Gasteiger partial charge on any atom is -0.392 e. The SMILES string of the molecule is Cc1ccc(CO)cc1N1CCN(C(=O)Cn2nc(C(F)(F)F)c(Cl)c2C)CC1. The number of rotatable bonds is 4. The number of carbonyl (C=O) groups excluding carboxylic acids is 1. The number of aryl methyl sites for hydroxylation is 1. The highest BCUT2D eigenvalue weighted by atomic mass is 35.5. The third-order valence-electron chi connectivity index (χ3n) is 5.12. The molecule has 2 heterocycles. The van der Waals surface area contributed by atoms with E-state index in [0.717, 1.165) is 21.5 Å². The van der Waals surface area contributed by atoms with Gasteiger partial charge in [0.15, 0.2) is 5.69 Å². The number of hydrogen-bond donors (Lipinski definition) is 1. The molecule has 10 heteroatoms. The highest BCUT2D eigenvalue weighted by Gasteiger charge is 2.38. The standard InChI is InChI=1S/C19H22ClF3N4O2/c1-12-3-4-14(11-28)9-15(12)25-5-7-26(8-6-25)16(29)10-27-13(2)17(20)18(24-27)19(21,22)23/h3-4,9,28H,5-8,10-11H2,1-2H3. The van der Waals surface area contributed by atoms with E-state index in [1.165, 1.54) is 6.92 Å². The summed E-state index contributed by atoms with van der Waals surface area (Å²) in [4.78, 5) is 16.3. The van der Waals surface area contributed by atoms with Crippen molar-refractivity contribution in [2.24, 2.45) is 0 Å². The van der Waals surface area contributed by atoms with E-state index in [-0.39, 0.29) is 24.8 Å². The van der Waals surface area contributed by atoms with Crippen LogP contribution >= 0.6 is 11.6 Å². The number of aliphatic hydroxyl groups excluding tert-OH is 1. The molecule has 29 heavy (non-hydrogen) atoms. The van der Waals surface area contributed by atoms with Gasteiger partial charge in [0.25, 0.3) is 0 Å². The lowest BCUT2D eigenvalue weighted by molar-refractivity contribution is -0.142. The second-order valence-electron chi connectivity index (χ2n) is 7.05. The maximum Gasteiger partial charge on any atom is 0.436 e. The highest BCUT2D eigenvalue weighted by molar-refractivity contribution is 6.32. The number of aromatic nitrogens is 2. The average molecular weight is 431 g/mol. The second-order valence-corrected chi connectivity index (χ2v) is 7.43. The Morgan fingerprint density at radius 1 is 1.21 bits per heavy atom. The number of piperazine rings is 1. The fourth-order valence-electron chi connectivity index (χ4n) is 3.38. The third-order valence-corrected chi connectivity index (χ3v) is 5.57. The monoisotopic (exact) mass is 430 g/mol. The minimum absolute atomic E-state index is 0.0442. The Morgan fingerprint density at radius 3 is 2.41 bits per heavy atom. The van der Waals surface area contributed by atoms with E-state index in [9.17, 15) is 23.1 Å². The molecule has 0 spiro atoms. The zero-order valence-corrected chi connectivity index (χ0v) is 16.9. The number of aliphatic hydroxyl groups is 1. The van der Waals surface area contributed by atoms with Gasteiger partial charge in [0.1, 0.15) is 6.54 Å². The van der Waals surface area contributed by atoms with Crippen LogP contribution in [0.3, 0.4) is 0 Å². The van der Waals surface area contributed by atoms with Gasteiger partial charge in [-0.05, 0) is 31.0 Å². The van der Waals surface area contributed by atoms with Gasteiger partial charge in [-0.15, -0.1) is 0 Å². The van der Waals surface area contributed by atoms with Crippen LogP contribution in [0.4, 0.5) is 18.9 Å². The molecule has 0 radical (unpaired) electrons.